The molecule has 0 spiro atoms. The highest BCUT2D eigenvalue weighted by atomic mass is 32.1. The second-order valence-electron chi connectivity index (χ2n) is 7.27. The van der Waals surface area contributed by atoms with E-state index in [2.05, 4.69) is 39.0 Å². The van der Waals surface area contributed by atoms with Gasteiger partial charge in [0.05, 0.1) is 18.3 Å². The van der Waals surface area contributed by atoms with E-state index >= 15 is 0 Å². The van der Waals surface area contributed by atoms with E-state index < -0.39 is 0 Å². The van der Waals surface area contributed by atoms with Gasteiger partial charge in [-0.2, -0.15) is 16.4 Å². The molecule has 4 nitrogen and oxygen atoms in total. The average Bonchev–Trinajstić information content (AvgIpc) is 3.39. The van der Waals surface area contributed by atoms with E-state index in [4.69, 9.17) is 0 Å². The van der Waals surface area contributed by atoms with Crippen molar-refractivity contribution in [2.75, 3.05) is 0 Å². The van der Waals surface area contributed by atoms with Gasteiger partial charge in [-0.05, 0) is 40.8 Å². The minimum atomic E-state index is 0.104. The van der Waals surface area contributed by atoms with E-state index in [1.165, 1.54) is 30.4 Å². The molecule has 27 heavy (non-hydrogen) atoms. The van der Waals surface area contributed by atoms with Crippen molar-refractivity contribution < 1.29 is 4.79 Å². The lowest BCUT2D eigenvalue weighted by molar-refractivity contribution is 0.0614. The standard InChI is InChI=1S/C22H25N3OS/c26-22(20-13-23-24(16-20)14-18-7-3-1-4-8-18)25(15-19-11-12-27-17-19)21-9-5-2-6-10-21/h1,3-4,7-8,11-13,16-17,21H,2,5-6,9-10,14-15H2. The Bertz CT molecular complexity index is 851. The first-order chi connectivity index (χ1) is 13.3. The molecule has 3 aromatic rings. The molecule has 1 saturated carbocycles. The van der Waals surface area contributed by atoms with E-state index in [0.717, 1.165) is 12.8 Å². The molecule has 0 unspecified atom stereocenters. The molecule has 5 heteroatoms. The summed E-state index contributed by atoms with van der Waals surface area (Å²) in [6.07, 6.45) is 9.53. The number of hydrogen-bond acceptors (Lipinski definition) is 3. The second kappa shape index (κ2) is 8.53. The molecule has 140 valence electrons. The van der Waals surface area contributed by atoms with Crippen LogP contribution >= 0.6 is 11.3 Å². The summed E-state index contributed by atoms with van der Waals surface area (Å²) in [5.41, 5.74) is 3.09. The average molecular weight is 380 g/mol. The molecule has 4 rings (SSSR count). The highest BCUT2D eigenvalue weighted by Gasteiger charge is 2.27. The Hall–Kier alpha value is -2.40. The minimum Gasteiger partial charge on any atom is -0.331 e. The van der Waals surface area contributed by atoms with Crippen molar-refractivity contribution in [3.63, 3.8) is 0 Å². The molecule has 0 atom stereocenters. The van der Waals surface area contributed by atoms with Gasteiger partial charge in [0, 0.05) is 18.8 Å². The molecule has 1 aliphatic carbocycles. The fourth-order valence-corrected chi connectivity index (χ4v) is 4.50. The lowest BCUT2D eigenvalue weighted by atomic mass is 9.93. The topological polar surface area (TPSA) is 38.1 Å². The summed E-state index contributed by atoms with van der Waals surface area (Å²) >= 11 is 1.69. The first-order valence-electron chi connectivity index (χ1n) is 9.68. The Balaban J connectivity index is 1.52. The Morgan fingerprint density at radius 1 is 1.11 bits per heavy atom. The maximum atomic E-state index is 13.3. The maximum Gasteiger partial charge on any atom is 0.257 e. The molecule has 2 aromatic heterocycles. The molecule has 1 amide bonds. The van der Waals surface area contributed by atoms with Crippen molar-refractivity contribution in [3.05, 3.63) is 76.2 Å². The van der Waals surface area contributed by atoms with E-state index in [-0.39, 0.29) is 5.91 Å². The van der Waals surface area contributed by atoms with Crippen molar-refractivity contribution in [1.82, 2.24) is 14.7 Å². The Morgan fingerprint density at radius 2 is 1.93 bits per heavy atom. The fourth-order valence-electron chi connectivity index (χ4n) is 3.84. The van der Waals surface area contributed by atoms with Crippen molar-refractivity contribution in [1.29, 1.82) is 0 Å². The summed E-state index contributed by atoms with van der Waals surface area (Å²) < 4.78 is 1.85. The Labute approximate surface area is 164 Å². The third kappa shape index (κ3) is 4.48. The van der Waals surface area contributed by atoms with Gasteiger partial charge in [0.15, 0.2) is 0 Å². The van der Waals surface area contributed by atoms with Crippen LogP contribution in [0.2, 0.25) is 0 Å². The van der Waals surface area contributed by atoms with Crippen LogP contribution in [0.25, 0.3) is 0 Å². The van der Waals surface area contributed by atoms with Crippen LogP contribution in [0.15, 0.2) is 59.6 Å². The van der Waals surface area contributed by atoms with Gasteiger partial charge in [-0.1, -0.05) is 49.6 Å². The van der Waals surface area contributed by atoms with E-state index in [0.29, 0.717) is 24.7 Å². The third-order valence-electron chi connectivity index (χ3n) is 5.28. The third-order valence-corrected chi connectivity index (χ3v) is 6.01. The molecule has 0 radical (unpaired) electrons. The summed E-state index contributed by atoms with van der Waals surface area (Å²) in [5.74, 6) is 0.104. The van der Waals surface area contributed by atoms with Crippen LogP contribution < -0.4 is 0 Å². The molecule has 0 aliphatic heterocycles. The van der Waals surface area contributed by atoms with E-state index in [9.17, 15) is 4.79 Å². The number of hydrogen-bond donors (Lipinski definition) is 0. The molecule has 0 bridgehead atoms. The lowest BCUT2D eigenvalue weighted by Gasteiger charge is -2.34. The number of benzene rings is 1. The number of nitrogens with zero attached hydrogens (tertiary/aromatic N) is 3. The molecule has 0 N–H and O–H groups in total. The first-order valence-corrected chi connectivity index (χ1v) is 10.6. The number of carbonyl (C=O) groups is 1. The van der Waals surface area contributed by atoms with Crippen molar-refractivity contribution in [2.24, 2.45) is 0 Å². The largest absolute Gasteiger partial charge is 0.331 e. The number of amides is 1. The molecule has 2 heterocycles. The van der Waals surface area contributed by atoms with Crippen molar-refractivity contribution in [2.45, 2.75) is 51.2 Å². The number of rotatable bonds is 6. The van der Waals surface area contributed by atoms with Crippen molar-refractivity contribution >= 4 is 17.2 Å². The molecule has 1 aromatic carbocycles. The SMILES string of the molecule is O=C(c1cnn(Cc2ccccc2)c1)N(Cc1ccsc1)C1CCCCC1. The van der Waals surface area contributed by atoms with Crippen LogP contribution in [0.3, 0.4) is 0 Å². The summed E-state index contributed by atoms with van der Waals surface area (Å²) in [5, 5.41) is 8.65. The monoisotopic (exact) mass is 379 g/mol. The maximum absolute atomic E-state index is 13.3. The Morgan fingerprint density at radius 3 is 2.67 bits per heavy atom. The van der Waals surface area contributed by atoms with Gasteiger partial charge >= 0.3 is 0 Å². The van der Waals surface area contributed by atoms with Gasteiger partial charge < -0.3 is 4.90 Å². The van der Waals surface area contributed by atoms with Crippen LogP contribution in [0.4, 0.5) is 0 Å². The smallest absolute Gasteiger partial charge is 0.257 e. The Kier molecular flexibility index (Phi) is 5.68. The van der Waals surface area contributed by atoms with Gasteiger partial charge in [0.1, 0.15) is 0 Å². The quantitative estimate of drug-likeness (QED) is 0.606. The van der Waals surface area contributed by atoms with Crippen LogP contribution in [0, 0.1) is 0 Å². The molecular formula is C22H25N3OS. The van der Waals surface area contributed by atoms with Crippen LogP contribution in [-0.2, 0) is 13.1 Å². The van der Waals surface area contributed by atoms with E-state index in [1.54, 1.807) is 17.5 Å². The zero-order valence-electron chi connectivity index (χ0n) is 15.5. The molecule has 0 saturated heterocycles. The minimum absolute atomic E-state index is 0.104. The van der Waals surface area contributed by atoms with Gasteiger partial charge in [-0.25, -0.2) is 0 Å². The van der Waals surface area contributed by atoms with Crippen molar-refractivity contribution in [3.8, 4) is 0 Å². The normalized spacial score (nSPS) is 15.0. The molecule has 1 fully saturated rings. The molecule has 1 aliphatic rings. The first kappa shape index (κ1) is 18.0. The zero-order chi connectivity index (χ0) is 18.5. The summed E-state index contributed by atoms with van der Waals surface area (Å²) in [6, 6.07) is 12.7. The highest BCUT2D eigenvalue weighted by molar-refractivity contribution is 7.07. The van der Waals surface area contributed by atoms with Gasteiger partial charge in [0.2, 0.25) is 0 Å². The fraction of sp³-hybridized carbons (Fsp3) is 0.364. The van der Waals surface area contributed by atoms with Crippen LogP contribution in [-0.4, -0.2) is 26.6 Å². The zero-order valence-corrected chi connectivity index (χ0v) is 16.3. The van der Waals surface area contributed by atoms with Gasteiger partial charge in [-0.15, -0.1) is 0 Å². The lowest BCUT2D eigenvalue weighted by Crippen LogP contribution is -2.40. The van der Waals surface area contributed by atoms with Gasteiger partial charge in [0.25, 0.3) is 5.91 Å². The summed E-state index contributed by atoms with van der Waals surface area (Å²) in [6.45, 7) is 1.37. The van der Waals surface area contributed by atoms with Gasteiger partial charge in [-0.3, -0.25) is 9.48 Å². The number of carbonyl (C=O) groups excluding carboxylic acids is 1. The predicted molar refractivity (Wildman–Crippen MR) is 109 cm³/mol. The number of aromatic nitrogens is 2. The number of thiophene rings is 1. The highest BCUT2D eigenvalue weighted by Crippen LogP contribution is 2.26. The van der Waals surface area contributed by atoms with E-state index in [1.807, 2.05) is 29.1 Å². The molecular weight excluding hydrogens is 354 g/mol. The predicted octanol–water partition coefficient (Wildman–Crippen LogP) is 4.97. The second-order valence-corrected chi connectivity index (χ2v) is 8.05. The van der Waals surface area contributed by atoms with Crippen LogP contribution in [0.5, 0.6) is 0 Å². The van der Waals surface area contributed by atoms with Crippen LogP contribution in [0.1, 0.15) is 53.6 Å². The summed E-state index contributed by atoms with van der Waals surface area (Å²) in [7, 11) is 0. The summed E-state index contributed by atoms with van der Waals surface area (Å²) in [4.78, 5) is 15.4.